The summed E-state index contributed by atoms with van der Waals surface area (Å²) in [5.41, 5.74) is 3.11. The summed E-state index contributed by atoms with van der Waals surface area (Å²) in [4.78, 5) is 37.9. The summed E-state index contributed by atoms with van der Waals surface area (Å²) in [7, 11) is 0. The van der Waals surface area contributed by atoms with Crippen molar-refractivity contribution in [2.24, 2.45) is 10.4 Å². The largest absolute Gasteiger partial charge is 0.480 e. The van der Waals surface area contributed by atoms with Gasteiger partial charge in [-0.2, -0.15) is 5.26 Å². The number of pyridine rings is 1. The molecular weight excluding hydrogens is 510 g/mol. The zero-order chi connectivity index (χ0) is 24.6. The number of fused-ring (bicyclic) bond motifs is 1. The average molecular weight is 534 g/mol. The van der Waals surface area contributed by atoms with E-state index in [1.165, 1.54) is 0 Å². The number of nitriles is 1. The van der Waals surface area contributed by atoms with E-state index in [0.717, 1.165) is 43.4 Å². The van der Waals surface area contributed by atoms with Gasteiger partial charge in [0.15, 0.2) is 17.5 Å². The normalized spacial score (nSPS) is 21.1. The monoisotopic (exact) mass is 533 g/mol. The van der Waals surface area contributed by atoms with Crippen molar-refractivity contribution >= 4 is 44.6 Å². The Kier molecular flexibility index (Phi) is 6.24. The summed E-state index contributed by atoms with van der Waals surface area (Å²) in [5, 5.41) is 19.1. The van der Waals surface area contributed by atoms with E-state index in [4.69, 9.17) is 0 Å². The number of carboxylic acid groups (broad SMARTS) is 1. The van der Waals surface area contributed by atoms with Gasteiger partial charge in [-0.15, -0.1) is 0 Å². The number of rotatable bonds is 6. The number of aliphatic carboxylic acids is 1. The molecule has 2 atom stereocenters. The number of benzene rings is 1. The minimum Gasteiger partial charge on any atom is -0.480 e. The maximum atomic E-state index is 12.7. The molecule has 2 aliphatic rings. The van der Waals surface area contributed by atoms with Crippen LogP contribution in [0.5, 0.6) is 0 Å². The van der Waals surface area contributed by atoms with E-state index in [-0.39, 0.29) is 18.6 Å². The predicted molar refractivity (Wildman–Crippen MR) is 134 cm³/mol. The molecule has 9 heteroatoms. The number of carbonyl (C=O) groups is 2. The number of carbonyl (C=O) groups excluding carboxylic acids is 1. The van der Waals surface area contributed by atoms with E-state index in [0.29, 0.717) is 22.7 Å². The molecule has 5 rings (SSSR count). The second kappa shape index (κ2) is 9.34. The highest BCUT2D eigenvalue weighted by atomic mass is 79.9. The Labute approximate surface area is 210 Å². The Balaban J connectivity index is 1.42. The van der Waals surface area contributed by atoms with Crippen LogP contribution in [0.25, 0.3) is 16.9 Å². The topological polar surface area (TPSA) is 121 Å². The predicted octanol–water partition coefficient (Wildman–Crippen LogP) is 4.22. The average Bonchev–Trinajstić information content (AvgIpc) is 3.25. The van der Waals surface area contributed by atoms with Gasteiger partial charge in [0.1, 0.15) is 16.2 Å². The number of carboxylic acids is 1. The van der Waals surface area contributed by atoms with Gasteiger partial charge >= 0.3 is 5.97 Å². The highest BCUT2D eigenvalue weighted by Crippen LogP contribution is 2.49. The van der Waals surface area contributed by atoms with Crippen LogP contribution in [0.1, 0.15) is 43.5 Å². The molecule has 1 aromatic carbocycles. The summed E-state index contributed by atoms with van der Waals surface area (Å²) in [6.45, 7) is 0. The number of alkyl halides is 1. The molecule has 1 unspecified atom stereocenters. The fraction of sp³-hybridized carbons (Fsp3) is 0.385. The van der Waals surface area contributed by atoms with Gasteiger partial charge in [-0.3, -0.25) is 14.4 Å². The van der Waals surface area contributed by atoms with Crippen LogP contribution in [-0.4, -0.2) is 48.0 Å². The summed E-state index contributed by atoms with van der Waals surface area (Å²) in [6.07, 6.45) is 6.59. The lowest BCUT2D eigenvalue weighted by Gasteiger charge is -2.47. The van der Waals surface area contributed by atoms with Gasteiger partial charge in [-0.05, 0) is 42.7 Å². The Morgan fingerprint density at radius 2 is 2.00 bits per heavy atom. The van der Waals surface area contributed by atoms with Gasteiger partial charge in [0.25, 0.3) is 0 Å². The molecule has 3 aromatic rings. The highest BCUT2D eigenvalue weighted by Gasteiger charge is 2.58. The molecule has 178 valence electrons. The molecule has 0 radical (unpaired) electrons. The second-order valence-corrected chi connectivity index (χ2v) is 10.1. The zero-order valence-electron chi connectivity index (χ0n) is 19.0. The number of ketones is 1. The number of hydrogen-bond donors (Lipinski definition) is 1. The molecule has 0 bridgehead atoms. The van der Waals surface area contributed by atoms with Gasteiger partial charge < -0.3 is 5.11 Å². The maximum Gasteiger partial charge on any atom is 0.328 e. The molecule has 35 heavy (non-hydrogen) atoms. The quantitative estimate of drug-likeness (QED) is 0.473. The molecule has 2 aromatic heterocycles. The first kappa shape index (κ1) is 23.4. The van der Waals surface area contributed by atoms with Crippen molar-refractivity contribution in [1.29, 1.82) is 5.26 Å². The Morgan fingerprint density at radius 1 is 1.26 bits per heavy atom. The van der Waals surface area contributed by atoms with E-state index in [2.05, 4.69) is 37.0 Å². The van der Waals surface area contributed by atoms with Crippen molar-refractivity contribution in [3.8, 4) is 11.8 Å². The molecule has 2 heterocycles. The van der Waals surface area contributed by atoms with Crippen LogP contribution in [-0.2, 0) is 22.4 Å². The van der Waals surface area contributed by atoms with E-state index in [9.17, 15) is 20.0 Å². The number of hydrogen-bond acceptors (Lipinski definition) is 6. The fourth-order valence-corrected chi connectivity index (χ4v) is 6.28. The standard InChI is InChI=1S/C26H24BrN5O3/c27-21-22(26(23(21)33)11-2-1-3-12-26)31-19(25(34)35)15-16-6-8-17(9-7-16)32-20(10-13-28)30-18-5-4-14-29-24(18)32/h4-9,14,19,21H,1-3,10-12,15H2,(H,34,35)/t19-,21?/m0/s1. The number of imidazole rings is 1. The van der Waals surface area contributed by atoms with Crippen molar-refractivity contribution in [2.45, 2.75) is 55.8 Å². The summed E-state index contributed by atoms with van der Waals surface area (Å²) >= 11 is 3.43. The Bertz CT molecular complexity index is 1370. The van der Waals surface area contributed by atoms with Crippen LogP contribution in [0.15, 0.2) is 47.6 Å². The van der Waals surface area contributed by atoms with Crippen molar-refractivity contribution in [1.82, 2.24) is 14.5 Å². The molecule has 0 aliphatic heterocycles. The fourth-order valence-electron chi connectivity index (χ4n) is 5.29. The van der Waals surface area contributed by atoms with Crippen LogP contribution in [0.3, 0.4) is 0 Å². The van der Waals surface area contributed by atoms with Crippen molar-refractivity contribution in [2.75, 3.05) is 0 Å². The molecule has 1 spiro atoms. The summed E-state index contributed by atoms with van der Waals surface area (Å²) < 4.78 is 1.85. The van der Waals surface area contributed by atoms with Gasteiger partial charge in [0.2, 0.25) is 0 Å². The lowest BCUT2D eigenvalue weighted by molar-refractivity contribution is -0.138. The smallest absolute Gasteiger partial charge is 0.328 e. The lowest BCUT2D eigenvalue weighted by Crippen LogP contribution is -2.61. The van der Waals surface area contributed by atoms with Gasteiger partial charge in [-0.25, -0.2) is 14.8 Å². The van der Waals surface area contributed by atoms with E-state index in [1.807, 2.05) is 34.9 Å². The Hall–Kier alpha value is -3.38. The number of aliphatic imine (C=N–C) groups is 1. The van der Waals surface area contributed by atoms with Gasteiger partial charge in [-0.1, -0.05) is 47.3 Å². The van der Waals surface area contributed by atoms with E-state index >= 15 is 0 Å². The van der Waals surface area contributed by atoms with Crippen LogP contribution in [0.4, 0.5) is 0 Å². The van der Waals surface area contributed by atoms with Crippen molar-refractivity contribution in [3.05, 3.63) is 54.0 Å². The SMILES string of the molecule is N#CCc1nc2cccnc2n1-c1ccc(C[C@H](N=C2C(Br)C(=O)C23CCCCC3)C(=O)O)cc1. The second-order valence-electron chi connectivity index (χ2n) is 9.15. The van der Waals surface area contributed by atoms with Crippen LogP contribution < -0.4 is 0 Å². The molecule has 0 amide bonds. The number of aromatic nitrogens is 3. The first-order valence-electron chi connectivity index (χ1n) is 11.7. The molecule has 1 N–H and O–H groups in total. The third kappa shape index (κ3) is 4.06. The summed E-state index contributed by atoms with van der Waals surface area (Å²) in [6, 6.07) is 12.3. The molecule has 2 aliphatic carbocycles. The molecule has 2 fully saturated rings. The molecule has 8 nitrogen and oxygen atoms in total. The molecule has 2 saturated carbocycles. The van der Waals surface area contributed by atoms with Gasteiger partial charge in [0, 0.05) is 24.0 Å². The minimum absolute atomic E-state index is 0.138. The van der Waals surface area contributed by atoms with E-state index < -0.39 is 22.3 Å². The van der Waals surface area contributed by atoms with Crippen LogP contribution in [0, 0.1) is 16.7 Å². The molecular formula is C26H24BrN5O3. The van der Waals surface area contributed by atoms with Gasteiger partial charge in [0.05, 0.1) is 17.9 Å². The van der Waals surface area contributed by atoms with Crippen LogP contribution >= 0.6 is 15.9 Å². The van der Waals surface area contributed by atoms with Crippen molar-refractivity contribution < 1.29 is 14.7 Å². The third-order valence-corrected chi connectivity index (χ3v) is 7.92. The summed E-state index contributed by atoms with van der Waals surface area (Å²) in [5.74, 6) is -0.272. The van der Waals surface area contributed by atoms with E-state index in [1.54, 1.807) is 12.3 Å². The Morgan fingerprint density at radius 3 is 2.69 bits per heavy atom. The van der Waals surface area contributed by atoms with Crippen molar-refractivity contribution in [3.63, 3.8) is 0 Å². The maximum absolute atomic E-state index is 12.7. The minimum atomic E-state index is -1.01. The molecule has 0 saturated heterocycles. The number of halogens is 1. The van der Waals surface area contributed by atoms with Crippen LogP contribution in [0.2, 0.25) is 0 Å². The first-order chi connectivity index (χ1) is 16.9. The number of Topliss-reactive ketones (excluding diaryl/α,β-unsaturated/α-hetero) is 1. The highest BCUT2D eigenvalue weighted by molar-refractivity contribution is 9.10. The third-order valence-electron chi connectivity index (χ3n) is 7.07. The first-order valence-corrected chi connectivity index (χ1v) is 12.6. The lowest BCUT2D eigenvalue weighted by atomic mass is 9.58. The number of nitrogens with zero attached hydrogens (tertiary/aromatic N) is 5. The zero-order valence-corrected chi connectivity index (χ0v) is 20.6.